The molecule has 0 fully saturated rings. The number of nitrogens with zero attached hydrogens (tertiary/aromatic N) is 6. The van der Waals surface area contributed by atoms with Crippen LogP contribution in [-0.4, -0.2) is 63.6 Å². The van der Waals surface area contributed by atoms with Crippen LogP contribution in [0.4, 0.5) is 11.4 Å². The molecule has 4 aromatic heterocycles. The van der Waals surface area contributed by atoms with E-state index in [9.17, 15) is 9.90 Å². The van der Waals surface area contributed by atoms with Crippen LogP contribution >= 0.6 is 0 Å². The molecule has 0 saturated heterocycles. The van der Waals surface area contributed by atoms with Gasteiger partial charge in [-0.3, -0.25) is 4.79 Å². The van der Waals surface area contributed by atoms with Crippen LogP contribution in [0.15, 0.2) is 122 Å². The summed E-state index contributed by atoms with van der Waals surface area (Å²) in [4.78, 5) is 25.5. The fraction of sp³-hybridized carbons (Fsp3) is 0.167. The normalized spacial score (nSPS) is 11.5. The van der Waals surface area contributed by atoms with Crippen LogP contribution in [0.5, 0.6) is 11.5 Å². The van der Waals surface area contributed by atoms with Crippen molar-refractivity contribution >= 4 is 50.4 Å². The molecule has 0 aliphatic carbocycles. The fourth-order valence-electron chi connectivity index (χ4n) is 6.19. The molecule has 8 aromatic rings. The van der Waals surface area contributed by atoms with E-state index in [2.05, 4.69) is 79.3 Å². The number of ether oxygens (including phenoxy) is 1. The van der Waals surface area contributed by atoms with Crippen molar-refractivity contribution in [2.45, 2.75) is 19.4 Å². The maximum absolute atomic E-state index is 11.6. The van der Waals surface area contributed by atoms with Crippen LogP contribution in [0, 0.1) is 0 Å². The maximum atomic E-state index is 11.6. The molecular weight excluding hydrogens is 651 g/mol. The number of nitrogens with two attached hydrogens (primary N) is 1. The molecule has 52 heavy (non-hydrogen) atoms. The Kier molecular flexibility index (Phi) is 8.67. The molecule has 0 bridgehead atoms. The lowest BCUT2D eigenvalue weighted by Gasteiger charge is -2.23. The first kappa shape index (κ1) is 33.9. The molecule has 0 radical (unpaired) electrons. The largest absolute Gasteiger partial charge is 0.508 e. The number of anilines is 2. The number of carbonyl (C=O) groups excluding carboxylic acids is 1. The summed E-state index contributed by atoms with van der Waals surface area (Å²) in [6, 6.07) is 35.7. The molecule has 3 N–H and O–H groups in total. The van der Waals surface area contributed by atoms with Gasteiger partial charge in [0.1, 0.15) is 11.5 Å². The van der Waals surface area contributed by atoms with E-state index in [1.54, 1.807) is 26.0 Å². The van der Waals surface area contributed by atoms with Crippen molar-refractivity contribution in [2.75, 3.05) is 38.0 Å². The number of aromatic hydroxyl groups is 1. The van der Waals surface area contributed by atoms with Gasteiger partial charge in [0, 0.05) is 75.2 Å². The predicted molar refractivity (Wildman–Crippen MR) is 210 cm³/mol. The minimum Gasteiger partial charge on any atom is -0.508 e. The maximum Gasteiger partial charge on any atom is 0.261 e. The number of fused-ring (bicyclic) bond motifs is 6. The van der Waals surface area contributed by atoms with Crippen molar-refractivity contribution in [3.63, 3.8) is 0 Å². The third-order valence-electron chi connectivity index (χ3n) is 9.15. The van der Waals surface area contributed by atoms with Crippen LogP contribution in [-0.2, 0) is 4.79 Å². The van der Waals surface area contributed by atoms with E-state index in [1.165, 1.54) is 0 Å². The van der Waals surface area contributed by atoms with Gasteiger partial charge in [0.15, 0.2) is 5.60 Å². The highest BCUT2D eigenvalue weighted by Crippen LogP contribution is 2.32. The van der Waals surface area contributed by atoms with E-state index in [0.717, 1.165) is 67.0 Å². The molecule has 0 spiro atoms. The molecule has 10 heteroatoms. The van der Waals surface area contributed by atoms with Gasteiger partial charge in [0.05, 0.1) is 44.5 Å². The monoisotopic (exact) mass is 691 g/mol. The lowest BCUT2D eigenvalue weighted by Crippen LogP contribution is -2.43. The van der Waals surface area contributed by atoms with Gasteiger partial charge in [-0.25, -0.2) is 9.97 Å². The van der Waals surface area contributed by atoms with Crippen molar-refractivity contribution in [3.05, 3.63) is 122 Å². The Morgan fingerprint density at radius 2 is 1.12 bits per heavy atom. The first-order valence-electron chi connectivity index (χ1n) is 16.9. The van der Waals surface area contributed by atoms with Crippen LogP contribution in [0.25, 0.3) is 55.6 Å². The number of benzene rings is 4. The highest BCUT2D eigenvalue weighted by atomic mass is 16.5. The zero-order valence-electron chi connectivity index (χ0n) is 30.1. The average Bonchev–Trinajstić information content (AvgIpc) is 3.82. The standard InChI is InChI=1S/C23H24N4O2.C19H17N3O/c1-23(2,22(24)28)29-17-11-12-19-18(14-17)25-21(20-6-5-13-27(19)20)15-7-9-16(10-8-15)26(3)4;1-21(2)14-7-5-13(6-8-14)19-18-4-3-11-22(18)17-10-9-15(23)12-16(17)20-19/h5-14H,1-4H3,(H2,24,28);3-12,23H,1-2H3. The van der Waals surface area contributed by atoms with Crippen molar-refractivity contribution in [2.24, 2.45) is 5.73 Å². The van der Waals surface area contributed by atoms with Crippen molar-refractivity contribution in [3.8, 4) is 34.0 Å². The highest BCUT2D eigenvalue weighted by Gasteiger charge is 2.27. The van der Waals surface area contributed by atoms with E-state index in [-0.39, 0.29) is 5.75 Å². The number of aromatic nitrogens is 4. The average molecular weight is 692 g/mol. The van der Waals surface area contributed by atoms with Gasteiger partial charge in [0.25, 0.3) is 5.91 Å². The summed E-state index contributed by atoms with van der Waals surface area (Å²) in [5, 5.41) is 9.76. The summed E-state index contributed by atoms with van der Waals surface area (Å²) in [5.41, 5.74) is 16.1. The van der Waals surface area contributed by atoms with E-state index >= 15 is 0 Å². The summed E-state index contributed by atoms with van der Waals surface area (Å²) < 4.78 is 10.0. The molecule has 8 rings (SSSR count). The van der Waals surface area contributed by atoms with Gasteiger partial charge in [-0.15, -0.1) is 0 Å². The van der Waals surface area contributed by atoms with Crippen LogP contribution in [0.1, 0.15) is 13.8 Å². The number of primary amides is 1. The Bertz CT molecular complexity index is 2570. The van der Waals surface area contributed by atoms with Gasteiger partial charge < -0.3 is 34.2 Å². The second-order valence-electron chi connectivity index (χ2n) is 13.6. The highest BCUT2D eigenvalue weighted by molar-refractivity contribution is 5.90. The Morgan fingerprint density at radius 1 is 0.654 bits per heavy atom. The molecule has 0 atom stereocenters. The molecule has 4 aromatic carbocycles. The van der Waals surface area contributed by atoms with Crippen molar-refractivity contribution < 1.29 is 14.6 Å². The summed E-state index contributed by atoms with van der Waals surface area (Å²) in [7, 11) is 8.09. The molecule has 0 unspecified atom stereocenters. The molecule has 1 amide bonds. The molecule has 4 heterocycles. The third-order valence-corrected chi connectivity index (χ3v) is 9.15. The summed E-state index contributed by atoms with van der Waals surface area (Å²) in [6.07, 6.45) is 4.04. The Hall–Kier alpha value is -6.55. The third kappa shape index (κ3) is 6.42. The van der Waals surface area contributed by atoms with E-state index in [1.807, 2.05) is 77.0 Å². The number of phenols is 1. The number of rotatable bonds is 7. The summed E-state index contributed by atoms with van der Waals surface area (Å²) in [6.45, 7) is 3.31. The first-order valence-corrected chi connectivity index (χ1v) is 16.9. The van der Waals surface area contributed by atoms with Crippen LogP contribution in [0.2, 0.25) is 0 Å². The molecule has 0 saturated carbocycles. The quantitative estimate of drug-likeness (QED) is 0.175. The molecule has 0 aliphatic heterocycles. The lowest BCUT2D eigenvalue weighted by atomic mass is 10.1. The van der Waals surface area contributed by atoms with Crippen LogP contribution < -0.4 is 20.3 Å². The second-order valence-corrected chi connectivity index (χ2v) is 13.6. The van der Waals surface area contributed by atoms with Gasteiger partial charge in [0.2, 0.25) is 0 Å². The smallest absolute Gasteiger partial charge is 0.261 e. The molecule has 262 valence electrons. The Balaban J connectivity index is 0.000000166. The minimum atomic E-state index is -1.10. The lowest BCUT2D eigenvalue weighted by molar-refractivity contribution is -0.130. The summed E-state index contributed by atoms with van der Waals surface area (Å²) >= 11 is 0. The molecule has 10 nitrogen and oxygen atoms in total. The second kappa shape index (κ2) is 13.3. The SMILES string of the molecule is CN(C)c1ccc(-c2nc3cc(O)ccc3n3cccc23)cc1.CN(C)c1ccc(-c2nc3cc(OC(C)(C)C(N)=O)ccc3n3cccc23)cc1. The Labute approximate surface area is 301 Å². The van der Waals surface area contributed by atoms with E-state index in [0.29, 0.717) is 5.75 Å². The molecule has 0 aliphatic rings. The number of hydrogen-bond donors (Lipinski definition) is 2. The fourth-order valence-corrected chi connectivity index (χ4v) is 6.19. The zero-order chi connectivity index (χ0) is 36.7. The van der Waals surface area contributed by atoms with Gasteiger partial charge in [-0.05, 0) is 86.6 Å². The van der Waals surface area contributed by atoms with E-state index < -0.39 is 11.5 Å². The predicted octanol–water partition coefficient (Wildman–Crippen LogP) is 7.79. The van der Waals surface area contributed by atoms with Gasteiger partial charge in [-0.1, -0.05) is 24.3 Å². The van der Waals surface area contributed by atoms with Crippen LogP contribution in [0.3, 0.4) is 0 Å². The number of hydrogen-bond acceptors (Lipinski definition) is 7. The topological polar surface area (TPSA) is 114 Å². The minimum absolute atomic E-state index is 0.227. The summed E-state index contributed by atoms with van der Waals surface area (Å²) in [5.74, 6) is 0.257. The number of amides is 1. The van der Waals surface area contributed by atoms with Crippen molar-refractivity contribution in [1.29, 1.82) is 0 Å². The first-order chi connectivity index (χ1) is 24.9. The zero-order valence-corrected chi connectivity index (χ0v) is 30.1. The van der Waals surface area contributed by atoms with Gasteiger partial charge >= 0.3 is 0 Å². The number of carbonyl (C=O) groups is 1. The molecular formula is C42H41N7O3. The van der Waals surface area contributed by atoms with Gasteiger partial charge in [-0.2, -0.15) is 0 Å². The van der Waals surface area contributed by atoms with Crippen molar-refractivity contribution in [1.82, 2.24) is 18.8 Å². The Morgan fingerprint density at radius 3 is 1.58 bits per heavy atom. The number of phenolic OH excluding ortho intramolecular Hbond substituents is 1. The van der Waals surface area contributed by atoms with E-state index in [4.69, 9.17) is 20.4 Å².